The minimum Gasteiger partial charge on any atom is -0.467 e. The molecular formula is C16H20F3IN3O3P. The summed E-state index contributed by atoms with van der Waals surface area (Å²) in [6, 6.07) is 0.229. The van der Waals surface area contributed by atoms with Gasteiger partial charge < -0.3 is 9.64 Å². The molecule has 1 amide bonds. The van der Waals surface area contributed by atoms with E-state index in [0.717, 1.165) is 6.07 Å². The largest absolute Gasteiger partial charge is 0.467 e. The average molecular weight is 517 g/mol. The number of piperidine rings is 1. The van der Waals surface area contributed by atoms with Crippen LogP contribution in [0.5, 0.6) is 0 Å². The van der Waals surface area contributed by atoms with Gasteiger partial charge in [-0.1, -0.05) is 13.8 Å². The van der Waals surface area contributed by atoms with E-state index in [-0.39, 0.29) is 35.2 Å². The number of ether oxygens (including phenoxy) is 1. The number of hydrogen-bond acceptors (Lipinski definition) is 4. The second kappa shape index (κ2) is 6.86. The quantitative estimate of drug-likeness (QED) is 0.349. The lowest BCUT2D eigenvalue weighted by molar-refractivity contribution is -0.153. The molecule has 1 aliphatic carbocycles. The lowest BCUT2D eigenvalue weighted by Gasteiger charge is -2.31. The number of halogens is 4. The topological polar surface area (TPSA) is 64.4 Å². The lowest BCUT2D eigenvalue weighted by atomic mass is 9.98. The van der Waals surface area contributed by atoms with E-state index >= 15 is 0 Å². The molecule has 1 saturated carbocycles. The van der Waals surface area contributed by atoms with E-state index in [9.17, 15) is 22.8 Å². The molecule has 150 valence electrons. The van der Waals surface area contributed by atoms with Crippen LogP contribution in [-0.2, 0) is 20.5 Å². The van der Waals surface area contributed by atoms with Crippen LogP contribution >= 0.6 is 28.4 Å². The van der Waals surface area contributed by atoms with E-state index < -0.39 is 29.8 Å². The number of fused-ring (bicyclic) bond motifs is 1. The molecular weight excluding hydrogens is 497 g/mol. The number of aromatic nitrogens is 2. The first-order chi connectivity index (χ1) is 12.4. The number of methoxy groups -OCH3 is 1. The van der Waals surface area contributed by atoms with Crippen LogP contribution in [0.2, 0.25) is 0 Å². The van der Waals surface area contributed by atoms with Crippen molar-refractivity contribution in [1.29, 1.82) is 0 Å². The fourth-order valence-corrected chi connectivity index (χ4v) is 5.85. The molecule has 6 nitrogen and oxygen atoms in total. The third kappa shape index (κ3) is 3.36. The van der Waals surface area contributed by atoms with Gasteiger partial charge >= 0.3 is 12.1 Å². The summed E-state index contributed by atoms with van der Waals surface area (Å²) in [5, 5.41) is 3.58. The van der Waals surface area contributed by atoms with Crippen LogP contribution in [0.4, 0.5) is 13.2 Å². The average Bonchev–Trinajstić information content (AvgIpc) is 3.02. The smallest absolute Gasteiger partial charge is 0.435 e. The molecule has 1 aromatic heterocycles. The Kier molecular flexibility index (Phi) is 5.29. The van der Waals surface area contributed by atoms with E-state index in [1.165, 1.54) is 16.5 Å². The van der Waals surface area contributed by atoms with Gasteiger partial charge in [0.25, 0.3) is 0 Å². The first-order valence-electron chi connectivity index (χ1n) is 8.37. The highest BCUT2D eigenvalue weighted by atomic mass is 127. The Balaban J connectivity index is 1.88. The lowest BCUT2D eigenvalue weighted by Crippen LogP contribution is -2.47. The number of nitrogens with zero attached hydrogens (tertiary/aromatic N) is 3. The molecule has 2 aliphatic rings. The van der Waals surface area contributed by atoms with Crippen molar-refractivity contribution in [1.82, 2.24) is 14.5 Å². The van der Waals surface area contributed by atoms with Crippen LogP contribution in [0.1, 0.15) is 38.1 Å². The van der Waals surface area contributed by atoms with Gasteiger partial charge in [0.2, 0.25) is 5.91 Å². The highest BCUT2D eigenvalue weighted by Gasteiger charge is 2.70. The Labute approximate surface area is 169 Å². The van der Waals surface area contributed by atoms with Crippen LogP contribution < -0.4 is 0 Å². The number of esters is 1. The molecule has 0 bridgehead atoms. The molecule has 1 aromatic rings. The van der Waals surface area contributed by atoms with E-state index in [1.54, 1.807) is 6.92 Å². The van der Waals surface area contributed by atoms with E-state index in [2.05, 4.69) is 5.10 Å². The number of carbonyl (C=O) groups excluding carboxylic acids is 2. The van der Waals surface area contributed by atoms with Crippen molar-refractivity contribution < 1.29 is 27.5 Å². The normalized spacial score (nSPS) is 27.7. The molecule has 27 heavy (non-hydrogen) atoms. The summed E-state index contributed by atoms with van der Waals surface area (Å²) in [4.78, 5) is 26.8. The summed E-state index contributed by atoms with van der Waals surface area (Å²) >= 11 is 1.92. The Hall–Kier alpha value is -0.900. The summed E-state index contributed by atoms with van der Waals surface area (Å²) in [7, 11) is 1.28. The SMILES string of the molecule is COC(=O)[C@@H]1C2C(CN1C(=O)C(C)c1cc(C(F)(F)F)nn1PI)C2(C)C. The Morgan fingerprint density at radius 3 is 2.59 bits per heavy atom. The van der Waals surface area contributed by atoms with Crippen molar-refractivity contribution in [3.8, 4) is 0 Å². The molecule has 3 rings (SSSR count). The third-order valence-corrected chi connectivity index (χ3v) is 7.74. The summed E-state index contributed by atoms with van der Waals surface area (Å²) in [6.07, 6.45) is -4.65. The van der Waals surface area contributed by atoms with E-state index in [4.69, 9.17) is 4.74 Å². The number of amides is 1. The van der Waals surface area contributed by atoms with Gasteiger partial charge in [-0.25, -0.2) is 9.25 Å². The molecule has 1 aliphatic heterocycles. The molecule has 0 N–H and O–H groups in total. The van der Waals surface area contributed by atoms with Crippen molar-refractivity contribution in [2.24, 2.45) is 17.3 Å². The molecule has 0 radical (unpaired) electrons. The third-order valence-electron chi connectivity index (χ3n) is 5.86. The summed E-state index contributed by atoms with van der Waals surface area (Å²) in [6.45, 7) is 6.06. The molecule has 11 heteroatoms. The first-order valence-corrected chi connectivity index (χ1v) is 12.4. The molecule has 0 aromatic carbocycles. The maximum atomic E-state index is 13.1. The van der Waals surface area contributed by atoms with Gasteiger partial charge in [-0.15, -0.1) is 0 Å². The predicted octanol–water partition coefficient (Wildman–Crippen LogP) is 3.45. The molecule has 2 fully saturated rings. The zero-order chi connectivity index (χ0) is 20.3. The first kappa shape index (κ1) is 20.8. The monoisotopic (exact) mass is 517 g/mol. The van der Waals surface area contributed by atoms with Crippen LogP contribution in [-0.4, -0.2) is 46.0 Å². The maximum absolute atomic E-state index is 13.1. The Morgan fingerprint density at radius 1 is 1.44 bits per heavy atom. The molecule has 4 unspecified atom stereocenters. The standard InChI is InChI=1S/C16H20F3IN3O3P/c1-7(9-5-10(16(17,18)19)21-23(9)27-20)13(24)22-6-8-11(15(8,2)3)12(22)14(25)26-4/h5,7-8,11-12,27H,6H2,1-4H3/t7?,8?,11?,12-/m0/s1. The zero-order valence-electron chi connectivity index (χ0n) is 15.2. The number of likely N-dealkylation sites (tertiary alicyclic amines) is 1. The molecule has 5 atom stereocenters. The fourth-order valence-electron chi connectivity index (χ4n) is 4.19. The van der Waals surface area contributed by atoms with Crippen molar-refractivity contribution in [3.05, 3.63) is 17.5 Å². The van der Waals surface area contributed by atoms with Crippen LogP contribution in [0.15, 0.2) is 6.07 Å². The molecule has 1 saturated heterocycles. The Morgan fingerprint density at radius 2 is 2.07 bits per heavy atom. The summed E-state index contributed by atoms with van der Waals surface area (Å²) < 4.78 is 45.1. The zero-order valence-corrected chi connectivity index (χ0v) is 18.3. The van der Waals surface area contributed by atoms with Gasteiger partial charge in [0.05, 0.1) is 25.1 Å². The molecule has 2 heterocycles. The van der Waals surface area contributed by atoms with Crippen LogP contribution in [0.3, 0.4) is 0 Å². The van der Waals surface area contributed by atoms with Crippen LogP contribution in [0.25, 0.3) is 0 Å². The predicted molar refractivity (Wildman–Crippen MR) is 102 cm³/mol. The van der Waals surface area contributed by atoms with Gasteiger partial charge in [-0.2, -0.15) is 18.3 Å². The number of carbonyl (C=O) groups is 2. The maximum Gasteiger partial charge on any atom is 0.435 e. The fraction of sp³-hybridized carbons (Fsp3) is 0.688. The van der Waals surface area contributed by atoms with Gasteiger partial charge in [0.1, 0.15) is 6.04 Å². The van der Waals surface area contributed by atoms with Crippen molar-refractivity contribution in [3.63, 3.8) is 0 Å². The minimum absolute atomic E-state index is 0.0168. The summed E-state index contributed by atoms with van der Waals surface area (Å²) in [5.74, 6) is -1.49. The van der Waals surface area contributed by atoms with Gasteiger partial charge in [-0.3, -0.25) is 4.79 Å². The van der Waals surface area contributed by atoms with Crippen molar-refractivity contribution in [2.75, 3.05) is 13.7 Å². The minimum atomic E-state index is -4.58. The number of rotatable bonds is 4. The number of alkyl halides is 3. The second-order valence-corrected chi connectivity index (χ2v) is 9.62. The van der Waals surface area contributed by atoms with Gasteiger partial charge in [0.15, 0.2) is 5.69 Å². The van der Waals surface area contributed by atoms with E-state index in [1.807, 2.05) is 35.9 Å². The van der Waals surface area contributed by atoms with E-state index in [0.29, 0.717) is 6.54 Å². The second-order valence-electron chi connectivity index (χ2n) is 7.58. The van der Waals surface area contributed by atoms with Crippen molar-refractivity contribution >= 4 is 40.3 Å². The van der Waals surface area contributed by atoms with Crippen LogP contribution in [0, 0.1) is 17.3 Å². The van der Waals surface area contributed by atoms with Gasteiger partial charge in [0, 0.05) is 12.5 Å². The van der Waals surface area contributed by atoms with Crippen molar-refractivity contribution in [2.45, 2.75) is 38.9 Å². The summed E-state index contributed by atoms with van der Waals surface area (Å²) in [5.41, 5.74) is -0.868. The number of hydrogen-bond donors (Lipinski definition) is 0. The van der Waals surface area contributed by atoms with Gasteiger partial charge in [-0.05, 0) is 46.4 Å². The molecule has 0 spiro atoms. The highest BCUT2D eigenvalue weighted by Crippen LogP contribution is 2.65. The Bertz CT molecular complexity index is 783. The highest BCUT2D eigenvalue weighted by molar-refractivity contribution is 14.2.